The number of nitrogens with one attached hydrogen (secondary N) is 2. The third-order valence-corrected chi connectivity index (χ3v) is 6.17. The number of guanidine groups is 1. The molecule has 140 valence electrons. The van der Waals surface area contributed by atoms with Crippen molar-refractivity contribution in [3.63, 3.8) is 0 Å². The number of carbonyl (C=O) groups excluding carboxylic acids is 1. The zero-order valence-corrected chi connectivity index (χ0v) is 18.4. The maximum absolute atomic E-state index is 11.9. The summed E-state index contributed by atoms with van der Waals surface area (Å²) < 4.78 is 0. The first kappa shape index (κ1) is 21.9. The number of aliphatic imine (C=N–C) groups is 1. The largest absolute Gasteiger partial charge is 0.356 e. The molecular weight excluding hydrogens is 435 g/mol. The Hall–Kier alpha value is -0.180. The van der Waals surface area contributed by atoms with Crippen LogP contribution < -0.4 is 10.6 Å². The highest BCUT2D eigenvalue weighted by atomic mass is 127. The van der Waals surface area contributed by atoms with Gasteiger partial charge in [-0.25, -0.2) is 0 Å². The zero-order valence-electron chi connectivity index (χ0n) is 15.2. The molecule has 1 aliphatic carbocycles. The van der Waals surface area contributed by atoms with Gasteiger partial charge in [0.25, 0.3) is 0 Å². The molecule has 2 N–H and O–H groups in total. The predicted molar refractivity (Wildman–Crippen MR) is 114 cm³/mol. The molecule has 3 unspecified atom stereocenters. The van der Waals surface area contributed by atoms with E-state index in [4.69, 9.17) is 0 Å². The second kappa shape index (κ2) is 11.4. The number of nitrogens with zero attached hydrogens (tertiary/aromatic N) is 2. The maximum atomic E-state index is 11.9. The average Bonchev–Trinajstić information content (AvgIpc) is 3.19. The second-order valence-electron chi connectivity index (χ2n) is 6.55. The van der Waals surface area contributed by atoms with Gasteiger partial charge in [-0.2, -0.15) is 11.8 Å². The van der Waals surface area contributed by atoms with E-state index in [-0.39, 0.29) is 24.0 Å². The molecule has 0 spiro atoms. The third-order valence-electron chi connectivity index (χ3n) is 5.07. The highest BCUT2D eigenvalue weighted by Crippen LogP contribution is 2.28. The Bertz CT molecular complexity index is 421. The first-order chi connectivity index (χ1) is 11.2. The summed E-state index contributed by atoms with van der Waals surface area (Å²) in [4.78, 5) is 18.3. The van der Waals surface area contributed by atoms with Gasteiger partial charge < -0.3 is 15.5 Å². The number of carbonyl (C=O) groups is 1. The van der Waals surface area contributed by atoms with Gasteiger partial charge in [0.05, 0.1) is 0 Å². The predicted octanol–water partition coefficient (Wildman–Crippen LogP) is 2.84. The number of rotatable bonds is 7. The lowest BCUT2D eigenvalue weighted by atomic mass is 10.1. The number of hydrogen-bond donors (Lipinski definition) is 2. The molecule has 3 atom stereocenters. The fourth-order valence-corrected chi connectivity index (χ4v) is 4.46. The van der Waals surface area contributed by atoms with Crippen LogP contribution in [0.5, 0.6) is 0 Å². The van der Waals surface area contributed by atoms with Crippen molar-refractivity contribution >= 4 is 47.6 Å². The summed E-state index contributed by atoms with van der Waals surface area (Å²) in [6, 6.07) is 0.906. The molecule has 7 heteroatoms. The summed E-state index contributed by atoms with van der Waals surface area (Å²) in [5.74, 6) is 1.23. The van der Waals surface area contributed by atoms with Gasteiger partial charge in [-0.3, -0.25) is 9.79 Å². The van der Waals surface area contributed by atoms with Crippen LogP contribution in [0.4, 0.5) is 0 Å². The minimum atomic E-state index is 0. The molecular formula is C17H33IN4OS. The van der Waals surface area contributed by atoms with Gasteiger partial charge in [0, 0.05) is 43.9 Å². The van der Waals surface area contributed by atoms with E-state index in [1.165, 1.54) is 19.3 Å². The fraction of sp³-hybridized carbons (Fsp3) is 0.882. The van der Waals surface area contributed by atoms with E-state index < -0.39 is 0 Å². The van der Waals surface area contributed by atoms with Gasteiger partial charge in [-0.1, -0.05) is 6.92 Å². The Labute approximate surface area is 168 Å². The van der Waals surface area contributed by atoms with Crippen molar-refractivity contribution in [3.05, 3.63) is 0 Å². The highest BCUT2D eigenvalue weighted by molar-refractivity contribution is 14.0. The quantitative estimate of drug-likeness (QED) is 0.343. The molecule has 0 aromatic rings. The van der Waals surface area contributed by atoms with Crippen LogP contribution in [0, 0.1) is 0 Å². The molecule has 0 bridgehead atoms. The van der Waals surface area contributed by atoms with E-state index in [0.29, 0.717) is 18.0 Å². The van der Waals surface area contributed by atoms with Crippen LogP contribution in [0.2, 0.25) is 0 Å². The van der Waals surface area contributed by atoms with Crippen LogP contribution in [0.1, 0.15) is 51.9 Å². The lowest BCUT2D eigenvalue weighted by molar-refractivity contribution is -0.129. The normalized spacial score (nSPS) is 25.5. The first-order valence-corrected chi connectivity index (χ1v) is 10.3. The van der Waals surface area contributed by atoms with E-state index in [9.17, 15) is 4.79 Å². The van der Waals surface area contributed by atoms with E-state index in [2.05, 4.69) is 33.7 Å². The molecule has 0 aromatic heterocycles. The molecule has 2 fully saturated rings. The summed E-state index contributed by atoms with van der Waals surface area (Å²) in [5, 5.41) is 7.76. The minimum Gasteiger partial charge on any atom is -0.356 e. The highest BCUT2D eigenvalue weighted by Gasteiger charge is 2.27. The average molecular weight is 468 g/mol. The Kier molecular flexibility index (Phi) is 10.4. The molecule has 2 rings (SSSR count). The maximum Gasteiger partial charge on any atom is 0.222 e. The van der Waals surface area contributed by atoms with Crippen LogP contribution in [0.15, 0.2) is 4.99 Å². The van der Waals surface area contributed by atoms with Crippen molar-refractivity contribution in [2.75, 3.05) is 26.4 Å². The Balaban J connectivity index is 0.00000288. The van der Waals surface area contributed by atoms with Crippen molar-refractivity contribution in [1.82, 2.24) is 15.5 Å². The monoisotopic (exact) mass is 468 g/mol. The lowest BCUT2D eigenvalue weighted by Crippen LogP contribution is -2.44. The van der Waals surface area contributed by atoms with E-state index in [1.807, 2.05) is 18.8 Å². The first-order valence-electron chi connectivity index (χ1n) is 8.97. The van der Waals surface area contributed by atoms with Crippen LogP contribution >= 0.6 is 35.7 Å². The molecule has 1 saturated carbocycles. The van der Waals surface area contributed by atoms with Crippen molar-refractivity contribution < 1.29 is 4.79 Å². The second-order valence-corrected chi connectivity index (χ2v) is 7.69. The molecule has 1 aliphatic heterocycles. The van der Waals surface area contributed by atoms with E-state index in [1.54, 1.807) is 0 Å². The minimum absolute atomic E-state index is 0. The molecule has 0 aromatic carbocycles. The molecule has 1 saturated heterocycles. The molecule has 1 heterocycles. The summed E-state index contributed by atoms with van der Waals surface area (Å²) in [7, 11) is 1.83. The van der Waals surface area contributed by atoms with Crippen LogP contribution in [0.3, 0.4) is 0 Å². The molecule has 2 aliphatic rings. The molecule has 0 radical (unpaired) electrons. The standard InChI is InChI=1S/C17H32N4OS.HI/c1-4-14(21-11-5-6-16(21)22)9-10-19-17(18-2)20-13-7-8-15(12-13)23-3;/h13-15H,4-12H2,1-3H3,(H2,18,19,20);1H. The van der Waals surface area contributed by atoms with Gasteiger partial charge in [0.15, 0.2) is 5.96 Å². The van der Waals surface area contributed by atoms with Gasteiger partial charge in [0.2, 0.25) is 5.91 Å². The van der Waals surface area contributed by atoms with Gasteiger partial charge >= 0.3 is 0 Å². The van der Waals surface area contributed by atoms with Crippen molar-refractivity contribution in [2.45, 2.75) is 69.2 Å². The SMILES string of the molecule is CCC(CCNC(=NC)NC1CCC(SC)C1)N1CCCC1=O.I. The van der Waals surface area contributed by atoms with Crippen molar-refractivity contribution in [2.24, 2.45) is 4.99 Å². The Morgan fingerprint density at radius 2 is 2.25 bits per heavy atom. The summed E-state index contributed by atoms with van der Waals surface area (Å²) >= 11 is 1.97. The lowest BCUT2D eigenvalue weighted by Gasteiger charge is -2.27. The number of thioether (sulfide) groups is 1. The van der Waals surface area contributed by atoms with E-state index in [0.717, 1.165) is 50.0 Å². The van der Waals surface area contributed by atoms with Crippen LogP contribution in [-0.4, -0.2) is 60.5 Å². The van der Waals surface area contributed by atoms with Gasteiger partial charge in [-0.15, -0.1) is 24.0 Å². The fourth-order valence-electron chi connectivity index (χ4n) is 3.67. The third kappa shape index (κ3) is 6.28. The van der Waals surface area contributed by atoms with Crippen LogP contribution in [0.25, 0.3) is 0 Å². The van der Waals surface area contributed by atoms with Crippen LogP contribution in [-0.2, 0) is 4.79 Å². The van der Waals surface area contributed by atoms with Crippen molar-refractivity contribution in [3.8, 4) is 0 Å². The molecule has 1 amide bonds. The molecule has 5 nitrogen and oxygen atoms in total. The topological polar surface area (TPSA) is 56.7 Å². The Morgan fingerprint density at radius 1 is 1.46 bits per heavy atom. The number of likely N-dealkylation sites (tertiary alicyclic amines) is 1. The summed E-state index contributed by atoms with van der Waals surface area (Å²) in [6.45, 7) is 3.97. The zero-order chi connectivity index (χ0) is 16.7. The van der Waals surface area contributed by atoms with Crippen molar-refractivity contribution in [1.29, 1.82) is 0 Å². The Morgan fingerprint density at radius 3 is 2.79 bits per heavy atom. The molecule has 24 heavy (non-hydrogen) atoms. The number of amides is 1. The van der Waals surface area contributed by atoms with Gasteiger partial charge in [0.1, 0.15) is 0 Å². The summed E-state index contributed by atoms with van der Waals surface area (Å²) in [6.07, 6.45) is 9.71. The number of halogens is 1. The number of hydrogen-bond acceptors (Lipinski definition) is 3. The van der Waals surface area contributed by atoms with E-state index >= 15 is 0 Å². The van der Waals surface area contributed by atoms with Gasteiger partial charge in [-0.05, 0) is 44.8 Å². The summed E-state index contributed by atoms with van der Waals surface area (Å²) in [5.41, 5.74) is 0. The smallest absolute Gasteiger partial charge is 0.222 e.